The van der Waals surface area contributed by atoms with Gasteiger partial charge in [0.2, 0.25) is 5.91 Å². The van der Waals surface area contributed by atoms with Gasteiger partial charge in [0, 0.05) is 58.8 Å². The van der Waals surface area contributed by atoms with Gasteiger partial charge in [-0.25, -0.2) is 0 Å². The van der Waals surface area contributed by atoms with Gasteiger partial charge in [-0.3, -0.25) is 14.7 Å². The van der Waals surface area contributed by atoms with E-state index in [1.54, 1.807) is 14.2 Å². The highest BCUT2D eigenvalue weighted by Crippen LogP contribution is 2.26. The first-order valence-electron chi connectivity index (χ1n) is 11.7. The molecular weight excluding hydrogens is 517 g/mol. The smallest absolute Gasteiger partial charge is 0.225 e. The summed E-state index contributed by atoms with van der Waals surface area (Å²) in [6.07, 6.45) is 5.49. The quantitative estimate of drug-likeness (QED) is 0.292. The third-order valence-electron chi connectivity index (χ3n) is 6.46. The Hall–Kier alpha value is -1.55. The van der Waals surface area contributed by atoms with Crippen LogP contribution in [0, 0.1) is 12.8 Å². The molecule has 1 saturated heterocycles. The maximum absolute atomic E-state index is 12.6. The third-order valence-corrected chi connectivity index (χ3v) is 6.46. The molecule has 0 unspecified atom stereocenters. The van der Waals surface area contributed by atoms with Crippen molar-refractivity contribution in [3.63, 3.8) is 0 Å². The molecule has 1 aromatic carbocycles. The summed E-state index contributed by atoms with van der Waals surface area (Å²) < 4.78 is 5.46. The number of guanidine groups is 1. The van der Waals surface area contributed by atoms with E-state index in [-0.39, 0.29) is 24.0 Å². The maximum Gasteiger partial charge on any atom is 0.225 e. The van der Waals surface area contributed by atoms with E-state index >= 15 is 0 Å². The van der Waals surface area contributed by atoms with E-state index in [0.29, 0.717) is 11.8 Å². The third kappa shape index (κ3) is 7.79. The van der Waals surface area contributed by atoms with Crippen molar-refractivity contribution in [1.29, 1.82) is 0 Å². The first-order valence-corrected chi connectivity index (χ1v) is 11.7. The molecule has 1 heterocycles. The number of nitrogens with one attached hydrogen (secondary N) is 2. The van der Waals surface area contributed by atoms with Gasteiger partial charge >= 0.3 is 0 Å². The lowest BCUT2D eigenvalue weighted by Gasteiger charge is -2.36. The molecule has 180 valence electrons. The van der Waals surface area contributed by atoms with Crippen LogP contribution in [0.1, 0.15) is 36.8 Å². The summed E-state index contributed by atoms with van der Waals surface area (Å²) in [4.78, 5) is 21.4. The summed E-state index contributed by atoms with van der Waals surface area (Å²) in [5.41, 5.74) is 2.44. The van der Waals surface area contributed by atoms with Crippen LogP contribution in [0.3, 0.4) is 0 Å². The number of amides is 1. The Balaban J connectivity index is 0.00000363. The molecule has 1 aromatic rings. The van der Waals surface area contributed by atoms with Gasteiger partial charge in [-0.1, -0.05) is 30.5 Å². The molecular formula is C24H40IN5O2. The Morgan fingerprint density at radius 2 is 1.81 bits per heavy atom. The molecule has 32 heavy (non-hydrogen) atoms. The number of methoxy groups -OCH3 is 1. The fourth-order valence-electron chi connectivity index (χ4n) is 4.59. The molecule has 0 radical (unpaired) electrons. The number of ether oxygens (including phenoxy) is 1. The summed E-state index contributed by atoms with van der Waals surface area (Å²) in [5.74, 6) is 2.44. The predicted octanol–water partition coefficient (Wildman–Crippen LogP) is 2.66. The minimum absolute atomic E-state index is 0. The molecule has 0 spiro atoms. The lowest BCUT2D eigenvalue weighted by atomic mass is 10.1. The Bertz CT molecular complexity index is 744. The summed E-state index contributed by atoms with van der Waals surface area (Å²) in [6, 6.07) is 6.27. The van der Waals surface area contributed by atoms with Gasteiger partial charge in [0.05, 0.1) is 7.11 Å². The van der Waals surface area contributed by atoms with Gasteiger partial charge < -0.3 is 20.3 Å². The molecule has 1 aliphatic heterocycles. The topological polar surface area (TPSA) is 69.2 Å². The van der Waals surface area contributed by atoms with Crippen molar-refractivity contribution in [1.82, 2.24) is 20.4 Å². The molecule has 2 aliphatic rings. The lowest BCUT2D eigenvalue weighted by molar-refractivity contribution is -0.137. The summed E-state index contributed by atoms with van der Waals surface area (Å²) >= 11 is 0. The average Bonchev–Trinajstić information content (AvgIpc) is 3.33. The van der Waals surface area contributed by atoms with Crippen LogP contribution in [-0.2, 0) is 11.2 Å². The Morgan fingerprint density at radius 1 is 1.12 bits per heavy atom. The normalized spacial score (nSPS) is 17.7. The molecule has 0 atom stereocenters. The van der Waals surface area contributed by atoms with E-state index in [0.717, 1.165) is 76.8 Å². The fourth-order valence-corrected chi connectivity index (χ4v) is 4.59. The van der Waals surface area contributed by atoms with Crippen LogP contribution >= 0.6 is 24.0 Å². The number of hydrogen-bond donors (Lipinski definition) is 2. The Kier molecular flexibility index (Phi) is 11.6. The van der Waals surface area contributed by atoms with Crippen molar-refractivity contribution < 1.29 is 9.53 Å². The number of benzene rings is 1. The van der Waals surface area contributed by atoms with Crippen LogP contribution in [0.5, 0.6) is 5.75 Å². The molecule has 2 N–H and O–H groups in total. The van der Waals surface area contributed by atoms with Crippen LogP contribution in [0.25, 0.3) is 0 Å². The Morgan fingerprint density at radius 3 is 2.47 bits per heavy atom. The molecule has 2 fully saturated rings. The van der Waals surface area contributed by atoms with Gasteiger partial charge in [0.25, 0.3) is 0 Å². The van der Waals surface area contributed by atoms with Crippen molar-refractivity contribution in [2.45, 2.75) is 39.0 Å². The van der Waals surface area contributed by atoms with Crippen molar-refractivity contribution in [2.75, 3.05) is 60.0 Å². The average molecular weight is 558 g/mol. The second-order valence-corrected chi connectivity index (χ2v) is 8.64. The van der Waals surface area contributed by atoms with Gasteiger partial charge in [-0.05, 0) is 37.8 Å². The summed E-state index contributed by atoms with van der Waals surface area (Å²) in [5, 5.41) is 6.80. The predicted molar refractivity (Wildman–Crippen MR) is 141 cm³/mol. The number of aliphatic imine (C=N–C) groups is 1. The van der Waals surface area contributed by atoms with Gasteiger partial charge in [0.1, 0.15) is 5.75 Å². The lowest BCUT2D eigenvalue weighted by Crippen LogP contribution is -2.52. The van der Waals surface area contributed by atoms with Crippen molar-refractivity contribution in [2.24, 2.45) is 10.9 Å². The second kappa shape index (κ2) is 13.9. The number of carbonyl (C=O) groups excluding carboxylic acids is 1. The molecule has 8 heteroatoms. The highest BCUT2D eigenvalue weighted by atomic mass is 127. The molecule has 1 saturated carbocycles. The minimum atomic E-state index is 0. The van der Waals surface area contributed by atoms with Crippen LogP contribution < -0.4 is 15.4 Å². The molecule has 7 nitrogen and oxygen atoms in total. The maximum atomic E-state index is 12.6. The monoisotopic (exact) mass is 557 g/mol. The largest absolute Gasteiger partial charge is 0.496 e. The van der Waals surface area contributed by atoms with Gasteiger partial charge in [-0.15, -0.1) is 24.0 Å². The number of rotatable bonds is 8. The molecule has 0 aromatic heterocycles. The van der Waals surface area contributed by atoms with Crippen molar-refractivity contribution in [3.05, 3.63) is 29.3 Å². The minimum Gasteiger partial charge on any atom is -0.496 e. The zero-order valence-electron chi connectivity index (χ0n) is 19.9. The van der Waals surface area contributed by atoms with Crippen LogP contribution in [0.2, 0.25) is 0 Å². The standard InChI is InChI=1S/C24H39N5O2.HI/c1-19-8-9-22(31-3)21(18-19)10-11-26-24(25-2)27-12-13-28-14-16-29(17-15-28)23(30)20-6-4-5-7-20;/h8-9,18,20H,4-7,10-17H2,1-3H3,(H2,25,26,27);1H. The zero-order chi connectivity index (χ0) is 22.1. The fraction of sp³-hybridized carbons (Fsp3) is 0.667. The number of halogens is 1. The SMILES string of the molecule is CN=C(NCCc1cc(C)ccc1OC)NCCN1CCN(C(=O)C2CCCC2)CC1.I. The van der Waals surface area contributed by atoms with Crippen molar-refractivity contribution in [3.8, 4) is 5.75 Å². The number of nitrogens with zero attached hydrogens (tertiary/aromatic N) is 3. The zero-order valence-corrected chi connectivity index (χ0v) is 22.2. The van der Waals surface area contributed by atoms with Gasteiger partial charge in [-0.2, -0.15) is 0 Å². The van der Waals surface area contributed by atoms with E-state index in [2.05, 4.69) is 44.5 Å². The summed E-state index contributed by atoms with van der Waals surface area (Å²) in [6.45, 7) is 8.32. The molecule has 3 rings (SSSR count). The molecule has 1 aliphatic carbocycles. The second-order valence-electron chi connectivity index (χ2n) is 8.64. The summed E-state index contributed by atoms with van der Waals surface area (Å²) in [7, 11) is 3.52. The number of carbonyl (C=O) groups is 1. The first-order chi connectivity index (χ1) is 15.1. The van der Waals surface area contributed by atoms with E-state index < -0.39 is 0 Å². The number of aryl methyl sites for hydroxylation is 1. The van der Waals surface area contributed by atoms with Crippen LogP contribution in [0.15, 0.2) is 23.2 Å². The van der Waals surface area contributed by atoms with Crippen molar-refractivity contribution >= 4 is 35.8 Å². The van der Waals surface area contributed by atoms with Crippen LogP contribution in [-0.4, -0.2) is 81.6 Å². The molecule has 1 amide bonds. The molecule has 0 bridgehead atoms. The van der Waals surface area contributed by atoms with E-state index in [4.69, 9.17) is 4.74 Å². The Labute approximate surface area is 210 Å². The van der Waals surface area contributed by atoms with E-state index in [1.165, 1.54) is 24.0 Å². The van der Waals surface area contributed by atoms with Crippen LogP contribution in [0.4, 0.5) is 0 Å². The van der Waals surface area contributed by atoms with E-state index in [9.17, 15) is 4.79 Å². The van der Waals surface area contributed by atoms with Gasteiger partial charge in [0.15, 0.2) is 5.96 Å². The first kappa shape index (κ1) is 26.7. The number of hydrogen-bond acceptors (Lipinski definition) is 4. The van der Waals surface area contributed by atoms with E-state index in [1.807, 2.05) is 6.07 Å². The highest BCUT2D eigenvalue weighted by Gasteiger charge is 2.29. The highest BCUT2D eigenvalue weighted by molar-refractivity contribution is 14.0. The number of piperazine rings is 1.